The highest BCUT2D eigenvalue weighted by atomic mass is 19.2. The number of carbonyl (C=O) groups excluding carboxylic acids is 1. The maximum absolute atomic E-state index is 13.0. The van der Waals surface area contributed by atoms with Crippen LogP contribution in [0.25, 0.3) is 0 Å². The smallest absolute Gasteiger partial charge is 0.247 e. The maximum Gasteiger partial charge on any atom is 0.247 e. The van der Waals surface area contributed by atoms with E-state index in [-0.39, 0.29) is 24.7 Å². The van der Waals surface area contributed by atoms with Crippen LogP contribution in [0.5, 0.6) is 0 Å². The molecule has 0 saturated heterocycles. The topological polar surface area (TPSA) is 56.1 Å². The zero-order valence-electron chi connectivity index (χ0n) is 8.13. The molecule has 1 amide bonds. The molecule has 0 bridgehead atoms. The number of fused-ring (bicyclic) bond motifs is 1. The Bertz CT molecular complexity index is 496. The molecule has 0 radical (unpaired) electrons. The van der Waals surface area contributed by atoms with Gasteiger partial charge >= 0.3 is 0 Å². The molecule has 1 heterocycles. The molecule has 4 nitrogen and oxygen atoms in total. The Kier molecular flexibility index (Phi) is 2.44. The first-order valence-electron chi connectivity index (χ1n) is 4.53. The van der Waals surface area contributed by atoms with Crippen molar-refractivity contribution in [1.29, 1.82) is 5.26 Å². The van der Waals surface area contributed by atoms with Gasteiger partial charge in [0, 0.05) is 12.1 Å². The number of hydrogen-bond acceptors (Lipinski definition) is 3. The summed E-state index contributed by atoms with van der Waals surface area (Å²) in [7, 11) is 0. The molecule has 1 aromatic carbocycles. The van der Waals surface area contributed by atoms with Gasteiger partial charge in [-0.05, 0) is 0 Å². The minimum absolute atomic E-state index is 0.0280. The standard InChI is InChI=1S/C10H7F2N3O/c11-6-3-8-9(4-7(6)12)15(2-1-13)10(16)5-14-8/h3-4,14H,2,5H2. The van der Waals surface area contributed by atoms with Crippen LogP contribution < -0.4 is 10.2 Å². The zero-order valence-corrected chi connectivity index (χ0v) is 8.13. The van der Waals surface area contributed by atoms with Crippen LogP contribution in [0.3, 0.4) is 0 Å². The summed E-state index contributed by atoms with van der Waals surface area (Å²) < 4.78 is 26.0. The van der Waals surface area contributed by atoms with Gasteiger partial charge in [0.1, 0.15) is 6.54 Å². The average Bonchev–Trinajstić information content (AvgIpc) is 2.25. The molecule has 0 saturated carbocycles. The number of carbonyl (C=O) groups is 1. The SMILES string of the molecule is N#CCN1C(=O)CNc2cc(F)c(F)cc21. The lowest BCUT2D eigenvalue weighted by Gasteiger charge is -2.28. The van der Waals surface area contributed by atoms with E-state index >= 15 is 0 Å². The monoisotopic (exact) mass is 223 g/mol. The lowest BCUT2D eigenvalue weighted by Crippen LogP contribution is -2.40. The fourth-order valence-corrected chi connectivity index (χ4v) is 1.55. The summed E-state index contributed by atoms with van der Waals surface area (Å²) in [6.07, 6.45) is 0. The highest BCUT2D eigenvalue weighted by Gasteiger charge is 2.25. The fourth-order valence-electron chi connectivity index (χ4n) is 1.55. The molecule has 1 aromatic rings. The van der Waals surface area contributed by atoms with Gasteiger partial charge in [-0.2, -0.15) is 5.26 Å². The molecule has 6 heteroatoms. The van der Waals surface area contributed by atoms with Crippen LogP contribution in [0.15, 0.2) is 12.1 Å². The number of rotatable bonds is 1. The molecule has 1 N–H and O–H groups in total. The third-order valence-corrected chi connectivity index (χ3v) is 2.29. The Hall–Kier alpha value is -2.16. The Morgan fingerprint density at radius 3 is 2.81 bits per heavy atom. The van der Waals surface area contributed by atoms with E-state index in [9.17, 15) is 13.6 Å². The van der Waals surface area contributed by atoms with Crippen molar-refractivity contribution >= 4 is 17.3 Å². The first-order chi connectivity index (χ1) is 7.63. The predicted molar refractivity (Wildman–Crippen MR) is 52.8 cm³/mol. The van der Waals surface area contributed by atoms with Crippen LogP contribution in [-0.4, -0.2) is 19.0 Å². The maximum atomic E-state index is 13.0. The minimum Gasteiger partial charge on any atom is -0.374 e. The average molecular weight is 223 g/mol. The van der Waals surface area contributed by atoms with Gasteiger partial charge in [-0.3, -0.25) is 9.69 Å². The highest BCUT2D eigenvalue weighted by Crippen LogP contribution is 2.31. The van der Waals surface area contributed by atoms with Gasteiger partial charge in [-0.1, -0.05) is 0 Å². The molecule has 0 aromatic heterocycles. The van der Waals surface area contributed by atoms with Crippen LogP contribution in [0.1, 0.15) is 0 Å². The van der Waals surface area contributed by atoms with E-state index in [1.165, 1.54) is 0 Å². The second kappa shape index (κ2) is 3.77. The van der Waals surface area contributed by atoms with Crippen molar-refractivity contribution in [3.8, 4) is 6.07 Å². The summed E-state index contributed by atoms with van der Waals surface area (Å²) in [6, 6.07) is 3.69. The van der Waals surface area contributed by atoms with Crippen molar-refractivity contribution in [2.75, 3.05) is 23.3 Å². The molecule has 1 aliphatic heterocycles. The Morgan fingerprint density at radius 2 is 2.12 bits per heavy atom. The Labute approximate surface area is 90.1 Å². The van der Waals surface area contributed by atoms with E-state index in [0.29, 0.717) is 5.69 Å². The van der Waals surface area contributed by atoms with E-state index in [0.717, 1.165) is 17.0 Å². The summed E-state index contributed by atoms with van der Waals surface area (Å²) in [4.78, 5) is 12.6. The van der Waals surface area contributed by atoms with Gasteiger partial charge in [0.25, 0.3) is 0 Å². The van der Waals surface area contributed by atoms with E-state index in [2.05, 4.69) is 5.32 Å². The Morgan fingerprint density at radius 1 is 1.44 bits per heavy atom. The molecule has 0 spiro atoms. The second-order valence-electron chi connectivity index (χ2n) is 3.28. The Balaban J connectivity index is 2.51. The summed E-state index contributed by atoms with van der Waals surface area (Å²) >= 11 is 0. The molecule has 0 aliphatic carbocycles. The van der Waals surface area contributed by atoms with Gasteiger partial charge in [-0.15, -0.1) is 0 Å². The molecule has 0 atom stereocenters. The number of benzene rings is 1. The van der Waals surface area contributed by atoms with Gasteiger partial charge in [-0.25, -0.2) is 8.78 Å². The van der Waals surface area contributed by atoms with Crippen molar-refractivity contribution in [2.24, 2.45) is 0 Å². The van der Waals surface area contributed by atoms with Crippen molar-refractivity contribution in [3.05, 3.63) is 23.8 Å². The molecular weight excluding hydrogens is 216 g/mol. The van der Waals surface area contributed by atoms with Crippen molar-refractivity contribution in [1.82, 2.24) is 0 Å². The van der Waals surface area contributed by atoms with Crippen molar-refractivity contribution in [2.45, 2.75) is 0 Å². The minimum atomic E-state index is -1.04. The van der Waals surface area contributed by atoms with Crippen LogP contribution in [-0.2, 0) is 4.79 Å². The fraction of sp³-hybridized carbons (Fsp3) is 0.200. The largest absolute Gasteiger partial charge is 0.374 e. The predicted octanol–water partition coefficient (Wildman–Crippen LogP) is 1.25. The highest BCUT2D eigenvalue weighted by molar-refractivity contribution is 6.02. The van der Waals surface area contributed by atoms with Crippen molar-refractivity contribution in [3.63, 3.8) is 0 Å². The summed E-state index contributed by atoms with van der Waals surface area (Å²) in [5.74, 6) is -2.38. The van der Waals surface area contributed by atoms with Crippen LogP contribution in [0, 0.1) is 23.0 Å². The van der Waals surface area contributed by atoms with Gasteiger partial charge in [0.2, 0.25) is 5.91 Å². The van der Waals surface area contributed by atoms with E-state index in [1.54, 1.807) is 6.07 Å². The van der Waals surface area contributed by atoms with Gasteiger partial charge in [0.05, 0.1) is 24.0 Å². The third kappa shape index (κ3) is 1.56. The quantitative estimate of drug-likeness (QED) is 0.729. The molecule has 2 rings (SSSR count). The number of amides is 1. The molecule has 16 heavy (non-hydrogen) atoms. The number of nitrogens with zero attached hydrogens (tertiary/aromatic N) is 2. The van der Waals surface area contributed by atoms with Gasteiger partial charge in [0.15, 0.2) is 11.6 Å². The van der Waals surface area contributed by atoms with Crippen LogP contribution in [0.4, 0.5) is 20.2 Å². The summed E-state index contributed by atoms with van der Waals surface area (Å²) in [6.45, 7) is -0.210. The lowest BCUT2D eigenvalue weighted by atomic mass is 10.2. The summed E-state index contributed by atoms with van der Waals surface area (Å²) in [5, 5.41) is 11.2. The van der Waals surface area contributed by atoms with Crippen molar-refractivity contribution < 1.29 is 13.6 Å². The molecular formula is C10H7F2N3O. The summed E-state index contributed by atoms with van der Waals surface area (Å²) in [5.41, 5.74) is 0.505. The second-order valence-corrected chi connectivity index (χ2v) is 3.28. The number of nitriles is 1. The third-order valence-electron chi connectivity index (χ3n) is 2.29. The number of hydrogen-bond donors (Lipinski definition) is 1. The van der Waals surface area contributed by atoms with Crippen LogP contribution >= 0.6 is 0 Å². The number of halogens is 2. The first-order valence-corrected chi connectivity index (χ1v) is 4.53. The van der Waals surface area contributed by atoms with Gasteiger partial charge < -0.3 is 5.32 Å². The molecule has 0 unspecified atom stereocenters. The molecule has 1 aliphatic rings. The van der Waals surface area contributed by atoms with E-state index in [1.807, 2.05) is 0 Å². The van der Waals surface area contributed by atoms with E-state index in [4.69, 9.17) is 5.26 Å². The lowest BCUT2D eigenvalue weighted by molar-refractivity contribution is -0.117. The molecule has 0 fully saturated rings. The zero-order chi connectivity index (χ0) is 11.7. The number of anilines is 2. The van der Waals surface area contributed by atoms with E-state index < -0.39 is 11.6 Å². The molecule has 82 valence electrons. The number of nitrogens with one attached hydrogen (secondary N) is 1. The normalized spacial score (nSPS) is 14.1. The van der Waals surface area contributed by atoms with Crippen LogP contribution in [0.2, 0.25) is 0 Å². The first kappa shape index (κ1) is 10.4.